The molecule has 42 heavy (non-hydrogen) atoms. The molecule has 10 heteroatoms. The van der Waals surface area contributed by atoms with Gasteiger partial charge in [0.2, 0.25) is 0 Å². The molecule has 0 radical (unpaired) electrons. The zero-order valence-electron chi connectivity index (χ0n) is 23.0. The van der Waals surface area contributed by atoms with Crippen molar-refractivity contribution in [1.29, 1.82) is 0 Å². The van der Waals surface area contributed by atoms with Gasteiger partial charge in [-0.3, -0.25) is 9.36 Å². The molecule has 3 aromatic carbocycles. The topological polar surface area (TPSA) is 116 Å². The third kappa shape index (κ3) is 6.03. The molecule has 0 bridgehead atoms. The summed E-state index contributed by atoms with van der Waals surface area (Å²) in [5, 5.41) is 8.94. The number of carbonyl (C=O) groups excluding carboxylic acids is 1. The highest BCUT2D eigenvalue weighted by molar-refractivity contribution is 7.07. The van der Waals surface area contributed by atoms with Crippen LogP contribution in [-0.2, 0) is 14.3 Å². The summed E-state index contributed by atoms with van der Waals surface area (Å²) in [5.74, 6) is -0.614. The fourth-order valence-electron chi connectivity index (χ4n) is 4.66. The number of rotatable bonds is 10. The Morgan fingerprint density at radius 1 is 0.952 bits per heavy atom. The van der Waals surface area contributed by atoms with Crippen LogP contribution in [0.4, 0.5) is 0 Å². The summed E-state index contributed by atoms with van der Waals surface area (Å²) >= 11 is 1.20. The normalized spacial score (nSPS) is 14.6. The number of fused-ring (bicyclic) bond motifs is 1. The molecule has 1 N–H and O–H groups in total. The minimum atomic E-state index is -1.09. The van der Waals surface area contributed by atoms with Crippen LogP contribution in [-0.4, -0.2) is 41.4 Å². The first kappa shape index (κ1) is 28.6. The van der Waals surface area contributed by atoms with Crippen LogP contribution in [0.2, 0.25) is 0 Å². The largest absolute Gasteiger partial charge is 0.494 e. The van der Waals surface area contributed by atoms with E-state index in [4.69, 9.17) is 24.3 Å². The Labute approximate surface area is 245 Å². The number of benzene rings is 3. The molecule has 1 aliphatic rings. The second-order valence-electron chi connectivity index (χ2n) is 9.19. The second kappa shape index (κ2) is 12.7. The number of carboxylic acids is 1. The average molecular weight is 585 g/mol. The summed E-state index contributed by atoms with van der Waals surface area (Å²) in [6, 6.07) is 22.6. The minimum absolute atomic E-state index is 0.158. The summed E-state index contributed by atoms with van der Waals surface area (Å²) in [5.41, 5.74) is 2.43. The summed E-state index contributed by atoms with van der Waals surface area (Å²) in [6.07, 6.45) is 1.70. The van der Waals surface area contributed by atoms with Crippen molar-refractivity contribution < 1.29 is 28.9 Å². The zero-order valence-corrected chi connectivity index (χ0v) is 23.8. The lowest BCUT2D eigenvalue weighted by atomic mass is 9.93. The van der Waals surface area contributed by atoms with E-state index in [1.807, 2.05) is 61.5 Å². The summed E-state index contributed by atoms with van der Waals surface area (Å²) in [4.78, 5) is 43.8. The molecule has 2 heterocycles. The third-order valence-electron chi connectivity index (χ3n) is 6.40. The molecule has 0 spiro atoms. The maximum Gasteiger partial charge on any atom is 0.341 e. The summed E-state index contributed by atoms with van der Waals surface area (Å²) in [7, 11) is 0. The molecule has 1 atom stereocenters. The van der Waals surface area contributed by atoms with E-state index in [0.717, 1.165) is 5.56 Å². The summed E-state index contributed by atoms with van der Waals surface area (Å²) in [6.45, 7) is 3.81. The molecule has 0 unspecified atom stereocenters. The zero-order chi connectivity index (χ0) is 29.6. The van der Waals surface area contributed by atoms with Crippen molar-refractivity contribution in [2.24, 2.45) is 4.99 Å². The number of aliphatic carboxylic acids is 1. The number of carbonyl (C=O) groups is 2. The highest BCUT2D eigenvalue weighted by Gasteiger charge is 2.35. The van der Waals surface area contributed by atoms with Crippen molar-refractivity contribution in [2.45, 2.75) is 19.9 Å². The number of thiazole rings is 1. The standard InChI is InChI=1S/C32H28N2O7S/c1-3-39-23-15-13-22(14-16-23)29-27(31(38)40-4-2)28(21-10-6-5-7-11-21)33-32-34(29)30(37)25(42-32)18-20-9-8-12-24(17-20)41-19-26(35)36/h5-18,29H,3-4,19H2,1-2H3,(H,35,36)/t29-/m1/s1. The lowest BCUT2D eigenvalue weighted by molar-refractivity contribution is -0.140. The fraction of sp³-hybridized carbons (Fsp3) is 0.188. The maximum atomic E-state index is 14.0. The first-order chi connectivity index (χ1) is 20.4. The molecule has 0 aliphatic carbocycles. The SMILES string of the molecule is CCOC(=O)C1=C(c2ccccc2)N=c2sc(=Cc3cccc(OCC(=O)O)c3)c(=O)n2[C@@H]1c1ccc(OCC)cc1. The van der Waals surface area contributed by atoms with Gasteiger partial charge in [0.05, 0.1) is 35.1 Å². The summed E-state index contributed by atoms with van der Waals surface area (Å²) < 4.78 is 18.3. The molecule has 214 valence electrons. The van der Waals surface area contributed by atoms with Crippen molar-refractivity contribution >= 4 is 35.0 Å². The van der Waals surface area contributed by atoms with Crippen LogP contribution in [0.15, 0.2) is 94.2 Å². The molecule has 1 aliphatic heterocycles. The predicted octanol–water partition coefficient (Wildman–Crippen LogP) is 3.80. The Bertz CT molecular complexity index is 1820. The third-order valence-corrected chi connectivity index (χ3v) is 7.38. The van der Waals surface area contributed by atoms with Crippen LogP contribution >= 0.6 is 11.3 Å². The lowest BCUT2D eigenvalue weighted by Crippen LogP contribution is -2.40. The van der Waals surface area contributed by atoms with Gasteiger partial charge in [0.25, 0.3) is 5.56 Å². The molecular formula is C32H28N2O7S. The Morgan fingerprint density at radius 3 is 2.40 bits per heavy atom. The maximum absolute atomic E-state index is 14.0. The van der Waals surface area contributed by atoms with Gasteiger partial charge in [-0.1, -0.05) is 65.9 Å². The van der Waals surface area contributed by atoms with Gasteiger partial charge in [-0.25, -0.2) is 14.6 Å². The van der Waals surface area contributed by atoms with Crippen LogP contribution < -0.4 is 24.4 Å². The van der Waals surface area contributed by atoms with E-state index in [0.29, 0.717) is 44.3 Å². The molecule has 9 nitrogen and oxygen atoms in total. The van der Waals surface area contributed by atoms with Gasteiger partial charge in [0.1, 0.15) is 11.5 Å². The molecule has 0 saturated heterocycles. The van der Waals surface area contributed by atoms with E-state index in [1.54, 1.807) is 37.3 Å². The van der Waals surface area contributed by atoms with Crippen LogP contribution in [0.25, 0.3) is 11.8 Å². The van der Waals surface area contributed by atoms with E-state index in [9.17, 15) is 14.4 Å². The van der Waals surface area contributed by atoms with Crippen LogP contribution in [0.3, 0.4) is 0 Å². The van der Waals surface area contributed by atoms with Gasteiger partial charge in [-0.2, -0.15) is 0 Å². The molecule has 5 rings (SSSR count). The molecule has 0 saturated carbocycles. The Hall–Kier alpha value is -4.96. The van der Waals surface area contributed by atoms with Crippen LogP contribution in [0.1, 0.15) is 36.6 Å². The van der Waals surface area contributed by atoms with E-state index < -0.39 is 24.6 Å². The smallest absolute Gasteiger partial charge is 0.341 e. The molecule has 0 amide bonds. The number of carboxylic acid groups (broad SMARTS) is 1. The highest BCUT2D eigenvalue weighted by Crippen LogP contribution is 2.35. The van der Waals surface area contributed by atoms with Gasteiger partial charge < -0.3 is 19.3 Å². The van der Waals surface area contributed by atoms with Gasteiger partial charge in [-0.05, 0) is 55.3 Å². The first-order valence-corrected chi connectivity index (χ1v) is 14.2. The van der Waals surface area contributed by atoms with E-state index in [2.05, 4.69) is 0 Å². The minimum Gasteiger partial charge on any atom is -0.494 e. The van der Waals surface area contributed by atoms with E-state index >= 15 is 0 Å². The number of nitrogens with zero attached hydrogens (tertiary/aromatic N) is 2. The van der Waals surface area contributed by atoms with Crippen molar-refractivity contribution in [1.82, 2.24) is 4.57 Å². The quantitative estimate of drug-likeness (QED) is 0.282. The van der Waals surface area contributed by atoms with Gasteiger partial charge in [-0.15, -0.1) is 0 Å². The van der Waals surface area contributed by atoms with Crippen LogP contribution in [0.5, 0.6) is 11.5 Å². The average Bonchev–Trinajstić information content (AvgIpc) is 3.30. The van der Waals surface area contributed by atoms with Gasteiger partial charge in [0, 0.05) is 5.56 Å². The molecular weight excluding hydrogens is 556 g/mol. The van der Waals surface area contributed by atoms with E-state index in [-0.39, 0.29) is 17.7 Å². The van der Waals surface area contributed by atoms with Gasteiger partial charge in [0.15, 0.2) is 11.4 Å². The monoisotopic (exact) mass is 584 g/mol. The van der Waals surface area contributed by atoms with Crippen molar-refractivity contribution in [3.8, 4) is 11.5 Å². The molecule has 1 aromatic heterocycles. The lowest BCUT2D eigenvalue weighted by Gasteiger charge is -2.26. The fourth-order valence-corrected chi connectivity index (χ4v) is 5.66. The first-order valence-electron chi connectivity index (χ1n) is 13.4. The highest BCUT2D eigenvalue weighted by atomic mass is 32.1. The van der Waals surface area contributed by atoms with E-state index in [1.165, 1.54) is 15.9 Å². The Morgan fingerprint density at radius 2 is 1.71 bits per heavy atom. The van der Waals surface area contributed by atoms with Crippen LogP contribution in [0, 0.1) is 0 Å². The molecule has 4 aromatic rings. The van der Waals surface area contributed by atoms with Crippen molar-refractivity contribution in [3.63, 3.8) is 0 Å². The second-order valence-corrected chi connectivity index (χ2v) is 10.2. The Balaban J connectivity index is 1.73. The number of hydrogen-bond donors (Lipinski definition) is 1. The Kier molecular flexibility index (Phi) is 8.63. The van der Waals surface area contributed by atoms with Crippen molar-refractivity contribution in [2.75, 3.05) is 19.8 Å². The van der Waals surface area contributed by atoms with Crippen molar-refractivity contribution in [3.05, 3.63) is 121 Å². The molecule has 0 fully saturated rings. The van der Waals surface area contributed by atoms with Gasteiger partial charge >= 0.3 is 11.9 Å². The number of esters is 1. The number of ether oxygens (including phenoxy) is 3. The predicted molar refractivity (Wildman–Crippen MR) is 158 cm³/mol. The number of hydrogen-bond acceptors (Lipinski definition) is 8. The number of aromatic nitrogens is 1.